The Balaban J connectivity index is 1.58. The standard InChI is InChI=1S/C17H16N4O/c22-17(18-15-9-5-2-6-10-15)11-16-13-21(20-19-16)12-14-7-3-1-4-8-14/h1-10,13H,11-12H2,(H,18,22). The zero-order chi connectivity index (χ0) is 15.2. The van der Waals surface area contributed by atoms with E-state index >= 15 is 0 Å². The predicted molar refractivity (Wildman–Crippen MR) is 84.3 cm³/mol. The average molecular weight is 292 g/mol. The monoisotopic (exact) mass is 292 g/mol. The van der Waals surface area contributed by atoms with Crippen molar-refractivity contribution in [3.05, 3.63) is 78.1 Å². The molecule has 3 rings (SSSR count). The van der Waals surface area contributed by atoms with E-state index in [0.717, 1.165) is 11.3 Å². The molecule has 1 aromatic heterocycles. The summed E-state index contributed by atoms with van der Waals surface area (Å²) in [6, 6.07) is 19.4. The lowest BCUT2D eigenvalue weighted by atomic mass is 10.2. The summed E-state index contributed by atoms with van der Waals surface area (Å²) in [6.45, 7) is 0.647. The number of aromatic nitrogens is 3. The quantitative estimate of drug-likeness (QED) is 0.786. The molecule has 2 aromatic carbocycles. The Morgan fingerprint density at radius 3 is 2.41 bits per heavy atom. The number of amides is 1. The number of benzene rings is 2. The van der Waals surface area contributed by atoms with Crippen LogP contribution in [-0.4, -0.2) is 20.9 Å². The minimum absolute atomic E-state index is 0.0991. The molecule has 0 unspecified atom stereocenters. The number of hydrogen-bond acceptors (Lipinski definition) is 3. The van der Waals surface area contributed by atoms with Crippen molar-refractivity contribution in [3.63, 3.8) is 0 Å². The van der Waals surface area contributed by atoms with Gasteiger partial charge >= 0.3 is 0 Å². The lowest BCUT2D eigenvalue weighted by Crippen LogP contribution is -2.14. The van der Waals surface area contributed by atoms with Crippen molar-refractivity contribution in [1.82, 2.24) is 15.0 Å². The van der Waals surface area contributed by atoms with E-state index < -0.39 is 0 Å². The molecule has 0 aliphatic rings. The summed E-state index contributed by atoms with van der Waals surface area (Å²) in [6.07, 6.45) is 2.02. The molecular formula is C17H16N4O. The summed E-state index contributed by atoms with van der Waals surface area (Å²) in [7, 11) is 0. The van der Waals surface area contributed by atoms with E-state index in [4.69, 9.17) is 0 Å². The fourth-order valence-corrected chi connectivity index (χ4v) is 2.16. The van der Waals surface area contributed by atoms with Crippen molar-refractivity contribution < 1.29 is 4.79 Å². The van der Waals surface area contributed by atoms with Crippen LogP contribution in [0.3, 0.4) is 0 Å². The third-order valence-electron chi connectivity index (χ3n) is 3.17. The van der Waals surface area contributed by atoms with Gasteiger partial charge in [0.05, 0.1) is 18.7 Å². The van der Waals surface area contributed by atoms with Crippen LogP contribution in [0.15, 0.2) is 66.9 Å². The highest BCUT2D eigenvalue weighted by Crippen LogP contribution is 2.07. The van der Waals surface area contributed by atoms with Gasteiger partial charge in [-0.05, 0) is 17.7 Å². The van der Waals surface area contributed by atoms with Gasteiger partial charge in [-0.25, -0.2) is 4.68 Å². The number of nitrogens with zero attached hydrogens (tertiary/aromatic N) is 3. The molecule has 0 bridgehead atoms. The van der Waals surface area contributed by atoms with E-state index in [0.29, 0.717) is 12.2 Å². The molecule has 110 valence electrons. The van der Waals surface area contributed by atoms with Crippen LogP contribution in [0, 0.1) is 0 Å². The van der Waals surface area contributed by atoms with Crippen LogP contribution < -0.4 is 5.32 Å². The summed E-state index contributed by atoms with van der Waals surface area (Å²) in [5.41, 5.74) is 2.58. The first-order chi connectivity index (χ1) is 10.8. The van der Waals surface area contributed by atoms with E-state index in [9.17, 15) is 4.79 Å². The smallest absolute Gasteiger partial charge is 0.230 e. The number of carbonyl (C=O) groups is 1. The topological polar surface area (TPSA) is 59.8 Å². The third kappa shape index (κ3) is 3.79. The summed E-state index contributed by atoms with van der Waals surface area (Å²) >= 11 is 0. The van der Waals surface area contributed by atoms with Gasteiger partial charge < -0.3 is 5.32 Å². The second-order valence-electron chi connectivity index (χ2n) is 4.98. The van der Waals surface area contributed by atoms with Gasteiger partial charge in [0.2, 0.25) is 5.91 Å². The van der Waals surface area contributed by atoms with E-state index in [1.807, 2.05) is 60.7 Å². The Morgan fingerprint density at radius 2 is 1.68 bits per heavy atom. The zero-order valence-corrected chi connectivity index (χ0v) is 12.0. The van der Waals surface area contributed by atoms with Crippen LogP contribution in [0.2, 0.25) is 0 Å². The molecule has 1 amide bonds. The van der Waals surface area contributed by atoms with Crippen molar-refractivity contribution >= 4 is 11.6 Å². The maximum absolute atomic E-state index is 12.0. The van der Waals surface area contributed by atoms with Crippen molar-refractivity contribution in [2.24, 2.45) is 0 Å². The van der Waals surface area contributed by atoms with Gasteiger partial charge in [0, 0.05) is 11.9 Å². The van der Waals surface area contributed by atoms with E-state index in [1.54, 1.807) is 10.9 Å². The van der Waals surface area contributed by atoms with Gasteiger partial charge in [0.25, 0.3) is 0 Å². The van der Waals surface area contributed by atoms with E-state index in [-0.39, 0.29) is 12.3 Å². The van der Waals surface area contributed by atoms with Gasteiger partial charge in [-0.2, -0.15) is 0 Å². The lowest BCUT2D eigenvalue weighted by Gasteiger charge is -2.02. The van der Waals surface area contributed by atoms with Crippen LogP contribution in [-0.2, 0) is 17.8 Å². The minimum Gasteiger partial charge on any atom is -0.326 e. The number of para-hydroxylation sites is 1. The normalized spacial score (nSPS) is 10.4. The lowest BCUT2D eigenvalue weighted by molar-refractivity contribution is -0.115. The maximum atomic E-state index is 12.0. The SMILES string of the molecule is O=C(Cc1cn(Cc2ccccc2)nn1)Nc1ccccc1. The van der Waals surface area contributed by atoms with Gasteiger partial charge in [-0.15, -0.1) is 5.10 Å². The van der Waals surface area contributed by atoms with Gasteiger partial charge in [-0.1, -0.05) is 53.7 Å². The fourth-order valence-electron chi connectivity index (χ4n) is 2.16. The second-order valence-corrected chi connectivity index (χ2v) is 4.98. The van der Waals surface area contributed by atoms with Gasteiger partial charge in [0.15, 0.2) is 0 Å². The summed E-state index contributed by atoms with van der Waals surface area (Å²) in [5.74, 6) is -0.0991. The fraction of sp³-hybridized carbons (Fsp3) is 0.118. The Kier molecular flexibility index (Phi) is 4.25. The van der Waals surface area contributed by atoms with Crippen LogP contribution in [0.5, 0.6) is 0 Å². The molecule has 0 fully saturated rings. The number of carbonyl (C=O) groups excluding carboxylic acids is 1. The molecule has 0 saturated heterocycles. The Labute approximate surface area is 128 Å². The second kappa shape index (κ2) is 6.67. The van der Waals surface area contributed by atoms with Crippen LogP contribution in [0.4, 0.5) is 5.69 Å². The first-order valence-corrected chi connectivity index (χ1v) is 7.07. The third-order valence-corrected chi connectivity index (χ3v) is 3.17. The molecule has 0 spiro atoms. The Morgan fingerprint density at radius 1 is 1.00 bits per heavy atom. The number of nitrogens with one attached hydrogen (secondary N) is 1. The van der Waals surface area contributed by atoms with Crippen molar-refractivity contribution in [3.8, 4) is 0 Å². The molecule has 0 radical (unpaired) electrons. The highest BCUT2D eigenvalue weighted by Gasteiger charge is 2.08. The average Bonchev–Trinajstić information content (AvgIpc) is 2.96. The Hall–Kier alpha value is -2.95. The predicted octanol–water partition coefficient (Wildman–Crippen LogP) is 2.51. The van der Waals surface area contributed by atoms with Gasteiger partial charge in [-0.3, -0.25) is 4.79 Å². The van der Waals surface area contributed by atoms with Gasteiger partial charge in [0.1, 0.15) is 0 Å². The molecule has 1 N–H and O–H groups in total. The molecule has 22 heavy (non-hydrogen) atoms. The molecule has 0 aliphatic carbocycles. The molecule has 5 heteroatoms. The summed E-state index contributed by atoms with van der Waals surface area (Å²) < 4.78 is 1.74. The molecule has 1 heterocycles. The summed E-state index contributed by atoms with van der Waals surface area (Å²) in [4.78, 5) is 12.0. The highest BCUT2D eigenvalue weighted by molar-refractivity contribution is 5.91. The summed E-state index contributed by atoms with van der Waals surface area (Å²) in [5, 5.41) is 10.9. The van der Waals surface area contributed by atoms with Crippen molar-refractivity contribution in [1.29, 1.82) is 0 Å². The van der Waals surface area contributed by atoms with Crippen LogP contribution in [0.25, 0.3) is 0 Å². The first kappa shape index (κ1) is 14.0. The van der Waals surface area contributed by atoms with E-state index in [2.05, 4.69) is 15.6 Å². The highest BCUT2D eigenvalue weighted by atomic mass is 16.1. The van der Waals surface area contributed by atoms with Crippen molar-refractivity contribution in [2.75, 3.05) is 5.32 Å². The van der Waals surface area contributed by atoms with Crippen LogP contribution >= 0.6 is 0 Å². The maximum Gasteiger partial charge on any atom is 0.230 e. The number of hydrogen-bond donors (Lipinski definition) is 1. The molecule has 0 saturated carbocycles. The van der Waals surface area contributed by atoms with Crippen LogP contribution in [0.1, 0.15) is 11.3 Å². The molecule has 5 nitrogen and oxygen atoms in total. The number of anilines is 1. The Bertz CT molecular complexity index is 738. The largest absolute Gasteiger partial charge is 0.326 e. The minimum atomic E-state index is -0.0991. The molecular weight excluding hydrogens is 276 g/mol. The van der Waals surface area contributed by atoms with Crippen molar-refractivity contribution in [2.45, 2.75) is 13.0 Å². The zero-order valence-electron chi connectivity index (χ0n) is 12.0. The molecule has 0 aliphatic heterocycles. The molecule has 3 aromatic rings. The molecule has 0 atom stereocenters. The van der Waals surface area contributed by atoms with E-state index in [1.165, 1.54) is 0 Å². The number of rotatable bonds is 5. The first-order valence-electron chi connectivity index (χ1n) is 7.07.